The van der Waals surface area contributed by atoms with Crippen molar-refractivity contribution in [2.75, 3.05) is 6.54 Å². The van der Waals surface area contributed by atoms with Crippen LogP contribution in [0.1, 0.15) is 24.5 Å². The fourth-order valence-corrected chi connectivity index (χ4v) is 4.11. The third-order valence-electron chi connectivity index (χ3n) is 2.91. The topological polar surface area (TPSA) is 88.9 Å². The number of nitrogens with zero attached hydrogens (tertiary/aromatic N) is 3. The predicted octanol–water partition coefficient (Wildman–Crippen LogP) is 0.947. The molecule has 116 valence electrons. The lowest BCUT2D eigenvalue weighted by atomic mass is 10.4. The van der Waals surface area contributed by atoms with E-state index in [0.717, 1.165) is 11.4 Å². The summed E-state index contributed by atoms with van der Waals surface area (Å²) in [5.41, 5.74) is 0. The van der Waals surface area contributed by atoms with E-state index in [4.69, 9.17) is 0 Å². The summed E-state index contributed by atoms with van der Waals surface area (Å²) >= 11 is 1.27. The molecular formula is C12H19N5O2S2. The second-order valence-electron chi connectivity index (χ2n) is 4.36. The Morgan fingerprint density at radius 3 is 2.81 bits per heavy atom. The number of sulfonamides is 1. The molecule has 2 heterocycles. The number of thiophene rings is 1. The van der Waals surface area contributed by atoms with Crippen LogP contribution in [0.4, 0.5) is 0 Å². The first kappa shape index (κ1) is 16.1. The number of hydrogen-bond donors (Lipinski definition) is 2. The lowest BCUT2D eigenvalue weighted by Crippen LogP contribution is -2.24. The van der Waals surface area contributed by atoms with Crippen LogP contribution >= 0.6 is 11.3 Å². The lowest BCUT2D eigenvalue weighted by molar-refractivity contribution is 0.577. The maximum Gasteiger partial charge on any atom is 0.250 e. The van der Waals surface area contributed by atoms with Crippen LogP contribution in [0.15, 0.2) is 22.7 Å². The lowest BCUT2D eigenvalue weighted by Gasteiger charge is -2.05. The first-order chi connectivity index (χ1) is 10.1. The van der Waals surface area contributed by atoms with Crippen molar-refractivity contribution in [3.05, 3.63) is 29.2 Å². The van der Waals surface area contributed by atoms with E-state index in [1.165, 1.54) is 11.3 Å². The average Bonchev–Trinajstić information content (AvgIpc) is 3.12. The van der Waals surface area contributed by atoms with Crippen LogP contribution in [0.5, 0.6) is 0 Å². The van der Waals surface area contributed by atoms with Gasteiger partial charge in [0.2, 0.25) is 10.0 Å². The Morgan fingerprint density at radius 2 is 2.10 bits per heavy atom. The molecule has 9 heteroatoms. The second-order valence-corrected chi connectivity index (χ2v) is 7.52. The van der Waals surface area contributed by atoms with E-state index in [1.807, 2.05) is 19.9 Å². The summed E-state index contributed by atoms with van der Waals surface area (Å²) < 4.78 is 29.1. The van der Waals surface area contributed by atoms with Gasteiger partial charge in [-0.3, -0.25) is 0 Å². The maximum atomic E-state index is 12.2. The molecule has 0 aromatic carbocycles. The third-order valence-corrected chi connectivity index (χ3v) is 5.89. The van der Waals surface area contributed by atoms with Gasteiger partial charge in [0, 0.05) is 18.0 Å². The Labute approximate surface area is 128 Å². The minimum Gasteiger partial charge on any atom is -0.317 e. The molecule has 0 aliphatic heterocycles. The number of nitrogens with one attached hydrogen (secondary N) is 2. The summed E-state index contributed by atoms with van der Waals surface area (Å²) in [5, 5.41) is 10.9. The average molecular weight is 329 g/mol. The maximum absolute atomic E-state index is 12.2. The van der Waals surface area contributed by atoms with Crippen LogP contribution in [-0.4, -0.2) is 29.7 Å². The van der Waals surface area contributed by atoms with Crippen molar-refractivity contribution in [3.8, 4) is 0 Å². The summed E-state index contributed by atoms with van der Waals surface area (Å²) in [6.07, 6.45) is 1.59. The fourth-order valence-electron chi connectivity index (χ4n) is 1.76. The van der Waals surface area contributed by atoms with Gasteiger partial charge in [-0.15, -0.1) is 21.5 Å². The Kier molecular flexibility index (Phi) is 5.45. The van der Waals surface area contributed by atoms with Gasteiger partial charge in [-0.2, -0.15) is 0 Å². The van der Waals surface area contributed by atoms with Crippen LogP contribution in [0.25, 0.3) is 0 Å². The second kappa shape index (κ2) is 7.12. The zero-order valence-corrected chi connectivity index (χ0v) is 13.7. The van der Waals surface area contributed by atoms with Gasteiger partial charge < -0.3 is 9.88 Å². The Hall–Kier alpha value is -1.29. The van der Waals surface area contributed by atoms with Gasteiger partial charge in [0.1, 0.15) is 16.4 Å². The molecule has 0 unspecified atom stereocenters. The molecule has 0 bridgehead atoms. The molecule has 2 rings (SSSR count). The Bertz CT molecular complexity index is 677. The molecule has 7 nitrogen and oxygen atoms in total. The van der Waals surface area contributed by atoms with Gasteiger partial charge in [0.15, 0.2) is 0 Å². The number of aromatic nitrogens is 3. The van der Waals surface area contributed by atoms with Crippen molar-refractivity contribution in [1.29, 1.82) is 0 Å². The van der Waals surface area contributed by atoms with Crippen LogP contribution in [0.3, 0.4) is 0 Å². The Balaban J connectivity index is 2.03. The van der Waals surface area contributed by atoms with E-state index in [0.29, 0.717) is 23.1 Å². The van der Waals surface area contributed by atoms with Crippen molar-refractivity contribution >= 4 is 21.4 Å². The van der Waals surface area contributed by atoms with E-state index in [-0.39, 0.29) is 6.54 Å². The van der Waals surface area contributed by atoms with E-state index < -0.39 is 10.0 Å². The van der Waals surface area contributed by atoms with Crippen LogP contribution < -0.4 is 10.0 Å². The van der Waals surface area contributed by atoms with E-state index in [1.54, 1.807) is 17.0 Å². The van der Waals surface area contributed by atoms with Crippen molar-refractivity contribution in [2.45, 2.75) is 37.7 Å². The van der Waals surface area contributed by atoms with Gasteiger partial charge in [0.25, 0.3) is 0 Å². The minimum atomic E-state index is -3.51. The SMILES string of the molecule is CCNCc1ccc(S(=O)(=O)NCc2nncn2CC)s1. The highest BCUT2D eigenvalue weighted by Gasteiger charge is 2.17. The summed E-state index contributed by atoms with van der Waals surface area (Å²) in [4.78, 5) is 0.994. The van der Waals surface area contributed by atoms with Gasteiger partial charge in [-0.1, -0.05) is 6.92 Å². The molecule has 0 saturated carbocycles. The minimum absolute atomic E-state index is 0.136. The van der Waals surface area contributed by atoms with Crippen molar-refractivity contribution in [2.24, 2.45) is 0 Å². The fraction of sp³-hybridized carbons (Fsp3) is 0.500. The molecule has 0 fully saturated rings. The van der Waals surface area contributed by atoms with E-state index >= 15 is 0 Å². The highest BCUT2D eigenvalue weighted by atomic mass is 32.2. The molecule has 0 atom stereocenters. The molecule has 2 N–H and O–H groups in total. The van der Waals surface area contributed by atoms with Gasteiger partial charge in [-0.05, 0) is 25.6 Å². The number of hydrogen-bond acceptors (Lipinski definition) is 6. The van der Waals surface area contributed by atoms with Gasteiger partial charge in [0.05, 0.1) is 6.54 Å². The van der Waals surface area contributed by atoms with E-state index in [2.05, 4.69) is 20.2 Å². The molecule has 2 aromatic heterocycles. The normalized spacial score (nSPS) is 11.9. The summed E-state index contributed by atoms with van der Waals surface area (Å²) in [6, 6.07) is 3.46. The quantitative estimate of drug-likeness (QED) is 0.753. The molecule has 21 heavy (non-hydrogen) atoms. The molecule has 2 aromatic rings. The number of rotatable bonds is 8. The molecule has 0 aliphatic carbocycles. The van der Waals surface area contributed by atoms with Crippen LogP contribution in [-0.2, 0) is 29.7 Å². The van der Waals surface area contributed by atoms with E-state index in [9.17, 15) is 8.42 Å². The molecular weight excluding hydrogens is 310 g/mol. The molecule has 0 radical (unpaired) electrons. The molecule has 0 amide bonds. The van der Waals surface area contributed by atoms with Crippen LogP contribution in [0.2, 0.25) is 0 Å². The smallest absolute Gasteiger partial charge is 0.250 e. The standard InChI is InChI=1S/C12H19N5O2S2/c1-3-13-7-10-5-6-12(20-10)21(18,19)15-8-11-16-14-9-17(11)4-2/h5-6,9,13,15H,3-4,7-8H2,1-2H3. The molecule has 0 aliphatic rings. The van der Waals surface area contributed by atoms with Crippen molar-refractivity contribution < 1.29 is 8.42 Å². The first-order valence-corrected chi connectivity index (χ1v) is 9.02. The zero-order valence-electron chi connectivity index (χ0n) is 12.0. The van der Waals surface area contributed by atoms with Crippen molar-refractivity contribution in [3.63, 3.8) is 0 Å². The highest BCUT2D eigenvalue weighted by Crippen LogP contribution is 2.21. The molecule has 0 spiro atoms. The number of aryl methyl sites for hydroxylation is 1. The Morgan fingerprint density at radius 1 is 1.29 bits per heavy atom. The van der Waals surface area contributed by atoms with Gasteiger partial charge >= 0.3 is 0 Å². The third kappa shape index (κ3) is 4.10. The first-order valence-electron chi connectivity index (χ1n) is 6.72. The predicted molar refractivity (Wildman–Crippen MR) is 81.4 cm³/mol. The van der Waals surface area contributed by atoms with Gasteiger partial charge in [-0.25, -0.2) is 13.1 Å². The van der Waals surface area contributed by atoms with Crippen molar-refractivity contribution in [1.82, 2.24) is 24.8 Å². The molecule has 0 saturated heterocycles. The zero-order chi connectivity index (χ0) is 15.3. The summed E-state index contributed by atoms with van der Waals surface area (Å²) in [5.74, 6) is 0.602. The largest absolute Gasteiger partial charge is 0.317 e. The summed E-state index contributed by atoms with van der Waals surface area (Å²) in [6.45, 7) is 6.34. The van der Waals surface area contributed by atoms with Crippen LogP contribution in [0, 0.1) is 0 Å². The monoisotopic (exact) mass is 329 g/mol. The summed E-state index contributed by atoms with van der Waals surface area (Å²) in [7, 11) is -3.51. The highest BCUT2D eigenvalue weighted by molar-refractivity contribution is 7.91.